The number of hydrogen-bond donors (Lipinski definition) is 1. The number of halogens is 1. The third kappa shape index (κ3) is 5.07. The lowest BCUT2D eigenvalue weighted by atomic mass is 10.2. The van der Waals surface area contributed by atoms with Crippen molar-refractivity contribution in [2.24, 2.45) is 0 Å². The Morgan fingerprint density at radius 3 is 2.25 bits per heavy atom. The van der Waals surface area contributed by atoms with Crippen molar-refractivity contribution in [1.82, 2.24) is 9.13 Å². The molecular weight excluding hydrogens is 419 g/mol. The number of aliphatic hydroxyl groups excluding tert-OH is 1. The predicted octanol–water partition coefficient (Wildman–Crippen LogP) is 1.89. The van der Waals surface area contributed by atoms with Crippen LogP contribution in [0.3, 0.4) is 0 Å². The summed E-state index contributed by atoms with van der Waals surface area (Å²) >= 11 is 0. The van der Waals surface area contributed by atoms with Crippen molar-refractivity contribution < 1.29 is 23.8 Å². The Kier molecular flexibility index (Phi) is 6.79. The van der Waals surface area contributed by atoms with Crippen molar-refractivity contribution in [3.05, 3.63) is 110 Å². The topological polar surface area (TPSA) is 108 Å². The Hall–Kier alpha value is -4.27. The number of benzene rings is 2. The van der Waals surface area contributed by atoms with Crippen LogP contribution in [-0.4, -0.2) is 33.1 Å². The number of nitrogens with zero attached hydrogens (tertiary/aromatic N) is 2. The molecule has 0 bridgehead atoms. The Bertz CT molecular complexity index is 1290. The third-order valence-electron chi connectivity index (χ3n) is 4.62. The molecule has 0 atom stereocenters. The van der Waals surface area contributed by atoms with Crippen LogP contribution in [0.4, 0.5) is 4.39 Å². The molecule has 0 amide bonds. The van der Waals surface area contributed by atoms with Gasteiger partial charge in [0.05, 0.1) is 25.8 Å². The summed E-state index contributed by atoms with van der Waals surface area (Å²) in [7, 11) is 1.00. The highest BCUT2D eigenvalue weighted by Gasteiger charge is 2.18. The van der Waals surface area contributed by atoms with Crippen LogP contribution in [0.15, 0.2) is 76.5 Å². The molecule has 3 aromatic rings. The lowest BCUT2D eigenvalue weighted by Gasteiger charge is -2.13. The normalized spacial score (nSPS) is 11.2. The minimum atomic E-state index is -1.22. The van der Waals surface area contributed by atoms with Gasteiger partial charge in [-0.05, 0) is 23.3 Å². The van der Waals surface area contributed by atoms with Crippen LogP contribution in [0, 0.1) is 5.82 Å². The minimum Gasteiger partial charge on any atom is -0.507 e. The molecule has 2 aromatic carbocycles. The number of carbonyl (C=O) groups is 2. The Labute approximate surface area is 181 Å². The summed E-state index contributed by atoms with van der Waals surface area (Å²) in [4.78, 5) is 49.2. The first-order valence-corrected chi connectivity index (χ1v) is 9.46. The Balaban J connectivity index is 2.14. The van der Waals surface area contributed by atoms with E-state index in [-0.39, 0.29) is 18.7 Å². The fourth-order valence-electron chi connectivity index (χ4n) is 3.00. The van der Waals surface area contributed by atoms with Crippen molar-refractivity contribution in [3.63, 3.8) is 0 Å². The van der Waals surface area contributed by atoms with E-state index in [9.17, 15) is 28.7 Å². The predicted molar refractivity (Wildman–Crippen MR) is 114 cm³/mol. The molecule has 0 fully saturated rings. The number of ketones is 1. The van der Waals surface area contributed by atoms with E-state index >= 15 is 0 Å². The van der Waals surface area contributed by atoms with Crippen LogP contribution >= 0.6 is 0 Å². The SMILES string of the molecule is COC(=O)C(=O)/C=C(\O)c1cn(Cc2ccccc2)c(=O)n(Cc2ccc(F)cc2)c1=O. The van der Waals surface area contributed by atoms with Crippen molar-refractivity contribution in [2.75, 3.05) is 7.11 Å². The molecule has 1 aromatic heterocycles. The van der Waals surface area contributed by atoms with Gasteiger partial charge in [0, 0.05) is 12.3 Å². The fraction of sp³-hybridized carbons (Fsp3) is 0.130. The highest BCUT2D eigenvalue weighted by molar-refractivity contribution is 6.39. The van der Waals surface area contributed by atoms with Crippen LogP contribution in [0.1, 0.15) is 16.7 Å². The summed E-state index contributed by atoms with van der Waals surface area (Å²) < 4.78 is 19.6. The number of esters is 1. The standard InChI is InChI=1S/C23H19FN2O6/c1-32-22(30)20(28)11-19(27)18-14-25(12-15-5-3-2-4-6-15)23(31)26(21(18)29)13-16-7-9-17(24)10-8-16/h2-11,14,27H,12-13H2,1H3/b19-11-. The summed E-state index contributed by atoms with van der Waals surface area (Å²) in [6.07, 6.45) is 1.68. The molecule has 0 aliphatic rings. The Morgan fingerprint density at radius 1 is 1.00 bits per heavy atom. The molecule has 8 nitrogen and oxygen atoms in total. The molecule has 0 aliphatic carbocycles. The number of rotatable bonds is 7. The molecule has 164 valence electrons. The molecule has 0 saturated carbocycles. The second kappa shape index (κ2) is 9.69. The number of carbonyl (C=O) groups excluding carboxylic acids is 2. The van der Waals surface area contributed by atoms with E-state index in [0.717, 1.165) is 23.4 Å². The van der Waals surface area contributed by atoms with Crippen molar-refractivity contribution >= 4 is 17.5 Å². The van der Waals surface area contributed by atoms with Gasteiger partial charge in [0.2, 0.25) is 0 Å². The molecule has 1 N–H and O–H groups in total. The molecule has 0 saturated heterocycles. The highest BCUT2D eigenvalue weighted by atomic mass is 19.1. The second-order valence-corrected chi connectivity index (χ2v) is 6.84. The molecule has 3 rings (SSSR count). The van der Waals surface area contributed by atoms with E-state index in [1.165, 1.54) is 28.8 Å². The maximum absolute atomic E-state index is 13.2. The Morgan fingerprint density at radius 2 is 1.62 bits per heavy atom. The smallest absolute Gasteiger partial charge is 0.378 e. The average Bonchev–Trinajstić information content (AvgIpc) is 2.79. The largest absolute Gasteiger partial charge is 0.507 e. The van der Waals surface area contributed by atoms with E-state index in [2.05, 4.69) is 4.74 Å². The fourth-order valence-corrected chi connectivity index (χ4v) is 3.00. The number of aromatic nitrogens is 2. The third-order valence-corrected chi connectivity index (χ3v) is 4.62. The van der Waals surface area contributed by atoms with Crippen LogP contribution in [0.25, 0.3) is 5.76 Å². The van der Waals surface area contributed by atoms with Gasteiger partial charge in [-0.1, -0.05) is 42.5 Å². The molecule has 0 aliphatic heterocycles. The zero-order valence-corrected chi connectivity index (χ0v) is 17.0. The van der Waals surface area contributed by atoms with E-state index in [4.69, 9.17) is 0 Å². The molecular formula is C23H19FN2O6. The van der Waals surface area contributed by atoms with Crippen LogP contribution < -0.4 is 11.2 Å². The first-order valence-electron chi connectivity index (χ1n) is 9.46. The van der Waals surface area contributed by atoms with Gasteiger partial charge in [-0.15, -0.1) is 0 Å². The lowest BCUT2D eigenvalue weighted by Crippen LogP contribution is -2.41. The minimum absolute atomic E-state index is 0.0780. The molecule has 9 heteroatoms. The zero-order valence-electron chi connectivity index (χ0n) is 17.0. The maximum Gasteiger partial charge on any atom is 0.378 e. The highest BCUT2D eigenvalue weighted by Crippen LogP contribution is 2.09. The monoisotopic (exact) mass is 438 g/mol. The maximum atomic E-state index is 13.2. The molecule has 32 heavy (non-hydrogen) atoms. The number of methoxy groups -OCH3 is 1. The first kappa shape index (κ1) is 22.4. The van der Waals surface area contributed by atoms with Crippen LogP contribution in [0.2, 0.25) is 0 Å². The average molecular weight is 438 g/mol. The summed E-state index contributed by atoms with van der Waals surface area (Å²) in [6, 6.07) is 14.1. The van der Waals surface area contributed by atoms with Crippen LogP contribution in [-0.2, 0) is 27.4 Å². The van der Waals surface area contributed by atoms with Gasteiger partial charge < -0.3 is 9.84 Å². The van der Waals surface area contributed by atoms with Gasteiger partial charge in [0.15, 0.2) is 0 Å². The molecule has 0 spiro atoms. The van der Waals surface area contributed by atoms with Gasteiger partial charge in [0.25, 0.3) is 11.3 Å². The summed E-state index contributed by atoms with van der Waals surface area (Å²) in [6.45, 7) is -0.118. The van der Waals surface area contributed by atoms with Gasteiger partial charge in [-0.25, -0.2) is 14.0 Å². The van der Waals surface area contributed by atoms with Crippen LogP contribution in [0.5, 0.6) is 0 Å². The van der Waals surface area contributed by atoms with Crippen molar-refractivity contribution in [2.45, 2.75) is 13.1 Å². The summed E-state index contributed by atoms with van der Waals surface area (Å²) in [5, 5.41) is 10.4. The molecule has 0 radical (unpaired) electrons. The van der Waals surface area contributed by atoms with Gasteiger partial charge in [-0.3, -0.25) is 18.7 Å². The summed E-state index contributed by atoms with van der Waals surface area (Å²) in [5.41, 5.74) is -0.682. The molecule has 0 unspecified atom stereocenters. The van der Waals surface area contributed by atoms with E-state index < -0.39 is 34.6 Å². The number of ether oxygens (including phenoxy) is 1. The van der Waals surface area contributed by atoms with Gasteiger partial charge in [0.1, 0.15) is 11.6 Å². The van der Waals surface area contributed by atoms with E-state index in [0.29, 0.717) is 11.6 Å². The number of hydrogen-bond acceptors (Lipinski definition) is 6. The lowest BCUT2D eigenvalue weighted by molar-refractivity contribution is -0.149. The quantitative estimate of drug-likeness (QED) is 0.261. The summed E-state index contributed by atoms with van der Waals surface area (Å²) in [5.74, 6) is -3.66. The van der Waals surface area contributed by atoms with Gasteiger partial charge in [-0.2, -0.15) is 0 Å². The van der Waals surface area contributed by atoms with E-state index in [1.807, 2.05) is 0 Å². The molecule has 1 heterocycles. The van der Waals surface area contributed by atoms with Gasteiger partial charge >= 0.3 is 11.7 Å². The van der Waals surface area contributed by atoms with Crippen molar-refractivity contribution in [3.8, 4) is 0 Å². The van der Waals surface area contributed by atoms with E-state index in [1.54, 1.807) is 30.3 Å². The van der Waals surface area contributed by atoms with Crippen molar-refractivity contribution in [1.29, 1.82) is 0 Å². The first-order chi connectivity index (χ1) is 15.3. The number of aliphatic hydroxyl groups is 1. The zero-order chi connectivity index (χ0) is 23.3. The second-order valence-electron chi connectivity index (χ2n) is 6.84.